The third kappa shape index (κ3) is 6.64. The second-order valence-corrected chi connectivity index (χ2v) is 9.75. The van der Waals surface area contributed by atoms with Gasteiger partial charge in [-0.15, -0.1) is 11.6 Å². The number of rotatable bonds is 11. The normalized spacial score (nSPS) is 13.7. The van der Waals surface area contributed by atoms with Crippen LogP contribution in [0.2, 0.25) is 10.0 Å². The monoisotopic (exact) mass is 496 g/mol. The fourth-order valence-electron chi connectivity index (χ4n) is 2.37. The Hall–Kier alpha value is -1.22. The van der Waals surface area contributed by atoms with Crippen LogP contribution in [0.3, 0.4) is 0 Å². The van der Waals surface area contributed by atoms with E-state index in [1.807, 2.05) is 6.92 Å². The summed E-state index contributed by atoms with van der Waals surface area (Å²) < 4.78 is 41.7. The number of ether oxygens (including phenoxy) is 3. The number of aliphatic hydroxyl groups is 1. The average molecular weight is 498 g/mol. The molecule has 2 rings (SSSR count). The molecule has 1 N–H and O–H groups in total. The topological polar surface area (TPSA) is 82.1 Å². The maximum Gasteiger partial charge on any atom is 0.206 e. The number of halogens is 3. The highest BCUT2D eigenvalue weighted by Gasteiger charge is 2.21. The summed E-state index contributed by atoms with van der Waals surface area (Å²) in [6.45, 7) is 2.36. The van der Waals surface area contributed by atoms with Crippen molar-refractivity contribution in [2.45, 2.75) is 22.8 Å². The average Bonchev–Trinajstić information content (AvgIpc) is 2.71. The van der Waals surface area contributed by atoms with E-state index in [2.05, 4.69) is 0 Å². The van der Waals surface area contributed by atoms with E-state index in [9.17, 15) is 13.5 Å². The van der Waals surface area contributed by atoms with E-state index in [0.29, 0.717) is 18.2 Å². The van der Waals surface area contributed by atoms with E-state index in [4.69, 9.17) is 49.0 Å². The molecular formula is C20H23Cl3O6S. The van der Waals surface area contributed by atoms with E-state index in [1.165, 1.54) is 43.5 Å². The fourth-order valence-corrected chi connectivity index (χ4v) is 4.37. The van der Waals surface area contributed by atoms with Gasteiger partial charge in [0.1, 0.15) is 24.2 Å². The van der Waals surface area contributed by atoms with Crippen LogP contribution in [0.5, 0.6) is 11.5 Å². The molecule has 0 spiro atoms. The Bertz CT molecular complexity index is 952. The SMILES string of the molecule is COC[C@@H](O)COc1ccc(S(=O)(=O)c2ccc(OC[C@@H](C)CCl)c(Cl)c2)cc1Cl. The van der Waals surface area contributed by atoms with Crippen LogP contribution in [-0.4, -0.2) is 52.4 Å². The van der Waals surface area contributed by atoms with Crippen LogP contribution in [0.15, 0.2) is 46.2 Å². The molecule has 0 saturated carbocycles. The largest absolute Gasteiger partial charge is 0.492 e. The fraction of sp³-hybridized carbons (Fsp3) is 0.400. The summed E-state index contributed by atoms with van der Waals surface area (Å²) >= 11 is 18.1. The third-order valence-corrected chi connectivity index (χ3v) is 6.87. The standard InChI is InChI=1S/C20H23Cl3O6S/c1-13(9-21)10-28-19-5-3-15(7-17(19)22)30(25,26)16-4-6-20(18(23)8-16)29-12-14(24)11-27-2/h3-8,13-14,24H,9-12H2,1-2H3/t13-,14+/m0/s1. The van der Waals surface area contributed by atoms with Crippen LogP contribution >= 0.6 is 34.8 Å². The van der Waals surface area contributed by atoms with Gasteiger partial charge in [0.25, 0.3) is 0 Å². The summed E-state index contributed by atoms with van der Waals surface area (Å²) in [5, 5.41) is 9.92. The molecule has 2 atom stereocenters. The zero-order chi connectivity index (χ0) is 22.3. The third-order valence-electron chi connectivity index (χ3n) is 4.00. The summed E-state index contributed by atoms with van der Waals surface area (Å²) in [4.78, 5) is -0.0109. The molecule has 2 aromatic carbocycles. The lowest BCUT2D eigenvalue weighted by molar-refractivity contribution is 0.0325. The highest BCUT2D eigenvalue weighted by Crippen LogP contribution is 2.33. The van der Waals surface area contributed by atoms with Gasteiger partial charge in [0.05, 0.1) is 33.0 Å². The molecule has 0 aliphatic carbocycles. The van der Waals surface area contributed by atoms with Crippen LogP contribution < -0.4 is 9.47 Å². The minimum absolute atomic E-state index is 0.00509. The predicted molar refractivity (Wildman–Crippen MR) is 117 cm³/mol. The van der Waals surface area contributed by atoms with Crippen LogP contribution in [-0.2, 0) is 14.6 Å². The van der Waals surface area contributed by atoms with Gasteiger partial charge in [0.15, 0.2) is 0 Å². The Morgan fingerprint density at radius 3 is 1.87 bits per heavy atom. The molecule has 0 fully saturated rings. The van der Waals surface area contributed by atoms with Gasteiger partial charge in [0.2, 0.25) is 9.84 Å². The van der Waals surface area contributed by atoms with Gasteiger partial charge in [-0.1, -0.05) is 30.1 Å². The molecule has 6 nitrogen and oxygen atoms in total. The Morgan fingerprint density at radius 2 is 1.43 bits per heavy atom. The number of benzene rings is 2. The molecule has 2 aromatic rings. The maximum absolute atomic E-state index is 13.0. The summed E-state index contributed by atoms with van der Waals surface area (Å²) in [6.07, 6.45) is -0.829. The van der Waals surface area contributed by atoms with Crippen LogP contribution in [0.4, 0.5) is 0 Å². The van der Waals surface area contributed by atoms with Crippen molar-refractivity contribution in [3.05, 3.63) is 46.4 Å². The molecule has 0 aliphatic heterocycles. The summed E-state index contributed by atoms with van der Waals surface area (Å²) in [5.41, 5.74) is 0. The molecule has 0 saturated heterocycles. The molecule has 0 unspecified atom stereocenters. The number of sulfone groups is 1. The van der Waals surface area contributed by atoms with Crippen LogP contribution in [0.25, 0.3) is 0 Å². The van der Waals surface area contributed by atoms with Gasteiger partial charge < -0.3 is 19.3 Å². The first kappa shape index (κ1) is 25.0. The molecule has 30 heavy (non-hydrogen) atoms. The van der Waals surface area contributed by atoms with Crippen molar-refractivity contribution in [2.75, 3.05) is 32.8 Å². The number of methoxy groups -OCH3 is 1. The molecule has 0 radical (unpaired) electrons. The second-order valence-electron chi connectivity index (χ2n) is 6.68. The van der Waals surface area contributed by atoms with Crippen molar-refractivity contribution in [1.29, 1.82) is 0 Å². The smallest absolute Gasteiger partial charge is 0.206 e. The van der Waals surface area contributed by atoms with Crippen molar-refractivity contribution in [3.63, 3.8) is 0 Å². The van der Waals surface area contributed by atoms with Crippen molar-refractivity contribution in [2.24, 2.45) is 5.92 Å². The lowest BCUT2D eigenvalue weighted by atomic mass is 10.2. The first-order chi connectivity index (χ1) is 14.2. The summed E-state index contributed by atoms with van der Waals surface area (Å²) in [7, 11) is -2.40. The molecule has 0 aliphatic rings. The van der Waals surface area contributed by atoms with Gasteiger partial charge in [-0.3, -0.25) is 0 Å². The van der Waals surface area contributed by atoms with Crippen molar-refractivity contribution >= 4 is 44.6 Å². The summed E-state index contributed by atoms with van der Waals surface area (Å²) in [5.74, 6) is 1.20. The number of hydrogen-bond acceptors (Lipinski definition) is 6. The van der Waals surface area contributed by atoms with Gasteiger partial charge in [-0.05, 0) is 36.4 Å². The van der Waals surface area contributed by atoms with Crippen molar-refractivity contribution in [1.82, 2.24) is 0 Å². The van der Waals surface area contributed by atoms with Crippen molar-refractivity contribution in [3.8, 4) is 11.5 Å². The zero-order valence-corrected chi connectivity index (χ0v) is 19.6. The Balaban J connectivity index is 2.18. The van der Waals surface area contributed by atoms with Crippen molar-refractivity contribution < 1.29 is 27.7 Å². The van der Waals surface area contributed by atoms with E-state index in [0.717, 1.165) is 0 Å². The molecule has 0 bridgehead atoms. The predicted octanol–water partition coefficient (Wildman–Crippen LogP) is 4.47. The Labute approximate surface area is 191 Å². The lowest BCUT2D eigenvalue weighted by Crippen LogP contribution is -2.22. The molecule has 10 heteroatoms. The second kappa shape index (κ2) is 11.4. The Morgan fingerprint density at radius 1 is 0.933 bits per heavy atom. The molecule has 0 amide bonds. The first-order valence-electron chi connectivity index (χ1n) is 9.01. The number of alkyl halides is 1. The highest BCUT2D eigenvalue weighted by molar-refractivity contribution is 7.91. The van der Waals surface area contributed by atoms with Crippen LogP contribution in [0, 0.1) is 5.92 Å². The molecule has 0 heterocycles. The number of aliphatic hydroxyl groups excluding tert-OH is 1. The van der Waals surface area contributed by atoms with Gasteiger partial charge >= 0.3 is 0 Å². The zero-order valence-electron chi connectivity index (χ0n) is 16.5. The lowest BCUT2D eigenvalue weighted by Gasteiger charge is -2.14. The summed E-state index contributed by atoms with van der Waals surface area (Å²) in [6, 6.07) is 8.35. The molecule has 166 valence electrons. The maximum atomic E-state index is 13.0. The molecule has 0 aromatic heterocycles. The van der Waals surface area contributed by atoms with Gasteiger partial charge in [-0.2, -0.15) is 0 Å². The van der Waals surface area contributed by atoms with Gasteiger partial charge in [0, 0.05) is 18.9 Å². The highest BCUT2D eigenvalue weighted by atomic mass is 35.5. The number of hydrogen-bond donors (Lipinski definition) is 1. The van der Waals surface area contributed by atoms with E-state index in [1.54, 1.807) is 0 Å². The Kier molecular flexibility index (Phi) is 9.53. The quantitative estimate of drug-likeness (QED) is 0.461. The van der Waals surface area contributed by atoms with Gasteiger partial charge in [-0.25, -0.2) is 8.42 Å². The van der Waals surface area contributed by atoms with E-state index < -0.39 is 15.9 Å². The van der Waals surface area contributed by atoms with E-state index >= 15 is 0 Å². The van der Waals surface area contributed by atoms with E-state index in [-0.39, 0.29) is 44.7 Å². The molecular weight excluding hydrogens is 475 g/mol. The minimum atomic E-state index is -3.86. The van der Waals surface area contributed by atoms with Crippen LogP contribution in [0.1, 0.15) is 6.92 Å². The first-order valence-corrected chi connectivity index (χ1v) is 11.8. The minimum Gasteiger partial charge on any atom is -0.492 e.